The molecule has 0 bridgehead atoms. The summed E-state index contributed by atoms with van der Waals surface area (Å²) in [6.45, 7) is 7.93. The zero-order chi connectivity index (χ0) is 27.4. The number of amides is 1. The van der Waals surface area contributed by atoms with Crippen LogP contribution in [0.5, 0.6) is 0 Å². The summed E-state index contributed by atoms with van der Waals surface area (Å²) in [5, 5.41) is 13.3. The van der Waals surface area contributed by atoms with Crippen molar-refractivity contribution in [2.45, 2.75) is 90.8 Å². The second kappa shape index (κ2) is 27.9. The van der Waals surface area contributed by atoms with Crippen LogP contribution in [0.15, 0.2) is 0 Å². The van der Waals surface area contributed by atoms with E-state index in [-0.39, 0.29) is 18.7 Å². The molecule has 0 rings (SSSR count). The normalized spacial score (nSPS) is 11.6. The van der Waals surface area contributed by atoms with Crippen molar-refractivity contribution in [1.82, 2.24) is 10.2 Å². The molecular formula is C27H50N2O6S2. The Labute approximate surface area is 233 Å². The molecule has 0 spiro atoms. The van der Waals surface area contributed by atoms with Gasteiger partial charge in [-0.05, 0) is 32.4 Å². The van der Waals surface area contributed by atoms with Crippen molar-refractivity contribution in [3.05, 3.63) is 0 Å². The molecule has 0 fully saturated rings. The van der Waals surface area contributed by atoms with Gasteiger partial charge in [0.1, 0.15) is 13.2 Å². The lowest BCUT2D eigenvalue weighted by molar-refractivity contribution is -0.143. The van der Waals surface area contributed by atoms with E-state index in [0.717, 1.165) is 38.8 Å². The molecule has 1 unspecified atom stereocenters. The van der Waals surface area contributed by atoms with Gasteiger partial charge in [-0.1, -0.05) is 67.5 Å². The third-order valence-electron chi connectivity index (χ3n) is 5.31. The second-order valence-electron chi connectivity index (χ2n) is 8.66. The van der Waals surface area contributed by atoms with Crippen molar-refractivity contribution in [1.29, 1.82) is 0 Å². The number of aliphatic hydroxyl groups excluding tert-OH is 1. The van der Waals surface area contributed by atoms with Crippen molar-refractivity contribution in [2.24, 2.45) is 0 Å². The van der Waals surface area contributed by atoms with Crippen LogP contribution in [0.4, 0.5) is 4.79 Å². The average Bonchev–Trinajstić information content (AvgIpc) is 2.89. The van der Waals surface area contributed by atoms with Crippen LogP contribution in [-0.4, -0.2) is 85.9 Å². The SMILES string of the molecule is C#CCCOC(O)CCN(CCCNCCC)C(=O)OCCSSCCOC(=O)CCCCCCCC. The van der Waals surface area contributed by atoms with Crippen LogP contribution in [0.25, 0.3) is 0 Å². The number of nitrogens with one attached hydrogen (secondary N) is 1. The number of hydrogen-bond donors (Lipinski definition) is 2. The van der Waals surface area contributed by atoms with E-state index in [1.54, 1.807) is 26.5 Å². The van der Waals surface area contributed by atoms with Crippen molar-refractivity contribution < 1.29 is 28.9 Å². The number of hydrogen-bond acceptors (Lipinski definition) is 9. The van der Waals surface area contributed by atoms with E-state index in [0.29, 0.717) is 57.1 Å². The molecule has 0 aromatic heterocycles. The van der Waals surface area contributed by atoms with E-state index in [1.807, 2.05) is 0 Å². The first-order valence-corrected chi connectivity index (χ1v) is 16.3. The molecule has 8 nitrogen and oxygen atoms in total. The van der Waals surface area contributed by atoms with Crippen LogP contribution >= 0.6 is 21.6 Å². The monoisotopic (exact) mass is 562 g/mol. The number of carbonyl (C=O) groups excluding carboxylic acids is 2. The van der Waals surface area contributed by atoms with Crippen LogP contribution in [0.1, 0.15) is 84.5 Å². The Morgan fingerprint density at radius 1 is 0.919 bits per heavy atom. The third-order valence-corrected chi connectivity index (χ3v) is 7.64. The number of terminal acetylenes is 1. The van der Waals surface area contributed by atoms with Crippen molar-refractivity contribution in [2.75, 3.05) is 57.5 Å². The van der Waals surface area contributed by atoms with Crippen molar-refractivity contribution in [3.63, 3.8) is 0 Å². The van der Waals surface area contributed by atoms with Crippen LogP contribution < -0.4 is 5.32 Å². The number of carbonyl (C=O) groups is 2. The zero-order valence-electron chi connectivity index (χ0n) is 23.0. The van der Waals surface area contributed by atoms with E-state index in [4.69, 9.17) is 20.6 Å². The Hall–Kier alpha value is -1.12. The lowest BCUT2D eigenvalue weighted by atomic mass is 10.1. The second-order valence-corrected chi connectivity index (χ2v) is 11.4. The predicted molar refractivity (Wildman–Crippen MR) is 155 cm³/mol. The molecule has 0 aliphatic carbocycles. The maximum absolute atomic E-state index is 12.6. The van der Waals surface area contributed by atoms with Gasteiger partial charge < -0.3 is 29.5 Å². The standard InChI is InChI=1S/C27H50N2O6S2/c1-4-7-9-10-11-12-14-25(30)34-21-23-36-37-24-22-35-27(32)29(18-13-17-28-16-6-3)19-15-26(31)33-20-8-5-2/h2,26,28,31H,4,6-24H2,1,3H3. The summed E-state index contributed by atoms with van der Waals surface area (Å²) < 4.78 is 16.0. The molecule has 216 valence electrons. The molecular weight excluding hydrogens is 512 g/mol. The molecule has 0 heterocycles. The summed E-state index contributed by atoms with van der Waals surface area (Å²) in [5.74, 6) is 3.69. The topological polar surface area (TPSA) is 97.3 Å². The fourth-order valence-electron chi connectivity index (χ4n) is 3.28. The van der Waals surface area contributed by atoms with E-state index < -0.39 is 6.29 Å². The number of ether oxygens (including phenoxy) is 3. The van der Waals surface area contributed by atoms with Crippen LogP contribution in [0.2, 0.25) is 0 Å². The van der Waals surface area contributed by atoms with Gasteiger partial charge in [-0.3, -0.25) is 4.79 Å². The molecule has 10 heteroatoms. The lowest BCUT2D eigenvalue weighted by Gasteiger charge is -2.23. The van der Waals surface area contributed by atoms with Gasteiger partial charge in [-0.2, -0.15) is 0 Å². The van der Waals surface area contributed by atoms with Gasteiger partial charge in [0.05, 0.1) is 6.61 Å². The number of nitrogens with zero attached hydrogens (tertiary/aromatic N) is 1. The summed E-state index contributed by atoms with van der Waals surface area (Å²) in [6, 6.07) is 0. The summed E-state index contributed by atoms with van der Waals surface area (Å²) in [4.78, 5) is 25.9. The van der Waals surface area contributed by atoms with Gasteiger partial charge >= 0.3 is 12.1 Å². The maximum Gasteiger partial charge on any atom is 0.409 e. The first-order valence-electron chi connectivity index (χ1n) is 13.8. The van der Waals surface area contributed by atoms with Gasteiger partial charge in [0, 0.05) is 43.9 Å². The number of esters is 1. The highest BCUT2D eigenvalue weighted by Gasteiger charge is 2.16. The molecule has 0 saturated heterocycles. The molecule has 2 N–H and O–H groups in total. The first kappa shape index (κ1) is 35.9. The number of unbranched alkanes of at least 4 members (excludes halogenated alkanes) is 5. The Kier molecular flexibility index (Phi) is 27.1. The summed E-state index contributed by atoms with van der Waals surface area (Å²) in [6.07, 6.45) is 13.8. The lowest BCUT2D eigenvalue weighted by Crippen LogP contribution is -2.37. The highest BCUT2D eigenvalue weighted by atomic mass is 33.1. The number of aliphatic hydroxyl groups is 1. The first-order chi connectivity index (χ1) is 18.0. The van der Waals surface area contributed by atoms with Gasteiger partial charge in [0.15, 0.2) is 6.29 Å². The Morgan fingerprint density at radius 3 is 2.32 bits per heavy atom. The summed E-state index contributed by atoms with van der Waals surface area (Å²) in [7, 11) is 3.19. The van der Waals surface area contributed by atoms with Crippen molar-refractivity contribution >= 4 is 33.7 Å². The predicted octanol–water partition coefficient (Wildman–Crippen LogP) is 5.24. The molecule has 0 saturated carbocycles. The minimum Gasteiger partial charge on any atom is -0.465 e. The van der Waals surface area contributed by atoms with Crippen LogP contribution in [0, 0.1) is 12.3 Å². The maximum atomic E-state index is 12.6. The van der Waals surface area contributed by atoms with Gasteiger partial charge in [-0.15, -0.1) is 12.3 Å². The quantitative estimate of drug-likeness (QED) is 0.0482. The summed E-state index contributed by atoms with van der Waals surface area (Å²) >= 11 is 0. The van der Waals surface area contributed by atoms with Gasteiger partial charge in [0.2, 0.25) is 0 Å². The molecule has 0 aliphatic heterocycles. The Bertz CT molecular complexity index is 592. The average molecular weight is 563 g/mol. The molecule has 0 aliphatic rings. The van der Waals surface area contributed by atoms with Gasteiger partial charge in [-0.25, -0.2) is 4.79 Å². The van der Waals surface area contributed by atoms with Crippen molar-refractivity contribution in [3.8, 4) is 12.3 Å². The summed E-state index contributed by atoms with van der Waals surface area (Å²) in [5.41, 5.74) is 0. The Morgan fingerprint density at radius 2 is 1.62 bits per heavy atom. The van der Waals surface area contributed by atoms with E-state index in [2.05, 4.69) is 25.1 Å². The molecule has 37 heavy (non-hydrogen) atoms. The molecule has 1 amide bonds. The Balaban J connectivity index is 3.99. The molecule has 0 aromatic carbocycles. The number of rotatable bonds is 26. The van der Waals surface area contributed by atoms with E-state index >= 15 is 0 Å². The third kappa shape index (κ3) is 24.9. The van der Waals surface area contributed by atoms with Crippen LogP contribution in [0.3, 0.4) is 0 Å². The fraction of sp³-hybridized carbons (Fsp3) is 0.852. The smallest absolute Gasteiger partial charge is 0.409 e. The molecule has 0 aromatic rings. The highest BCUT2D eigenvalue weighted by molar-refractivity contribution is 8.76. The van der Waals surface area contributed by atoms with Crippen LogP contribution in [-0.2, 0) is 19.0 Å². The fourth-order valence-corrected chi connectivity index (χ4v) is 4.93. The largest absolute Gasteiger partial charge is 0.465 e. The van der Waals surface area contributed by atoms with E-state index in [1.165, 1.54) is 25.7 Å². The molecule has 0 radical (unpaired) electrons. The zero-order valence-corrected chi connectivity index (χ0v) is 24.7. The minimum absolute atomic E-state index is 0.119. The highest BCUT2D eigenvalue weighted by Crippen LogP contribution is 2.20. The van der Waals surface area contributed by atoms with E-state index in [9.17, 15) is 14.7 Å². The minimum atomic E-state index is -0.964. The molecule has 1 atom stereocenters. The van der Waals surface area contributed by atoms with Gasteiger partial charge in [0.25, 0.3) is 0 Å².